The molecule has 7 heteroatoms. The van der Waals surface area contributed by atoms with E-state index in [1.54, 1.807) is 4.68 Å². The molecule has 0 saturated carbocycles. The van der Waals surface area contributed by atoms with Crippen LogP contribution >= 0.6 is 0 Å². The molecule has 3 N–H and O–H groups in total. The highest BCUT2D eigenvalue weighted by Crippen LogP contribution is 2.21. The van der Waals surface area contributed by atoms with Crippen LogP contribution in [0.5, 0.6) is 0 Å². The van der Waals surface area contributed by atoms with Crippen LogP contribution in [0, 0.1) is 13.8 Å². The van der Waals surface area contributed by atoms with Gasteiger partial charge < -0.3 is 15.7 Å². The highest BCUT2D eigenvalue weighted by molar-refractivity contribution is 5.92. The molecule has 7 nitrogen and oxygen atoms in total. The Labute approximate surface area is 142 Å². The molecular weight excluding hydrogens is 306 g/mol. The minimum absolute atomic E-state index is 0.0264. The number of aryl methyl sites for hydroxylation is 2. The Morgan fingerprint density at radius 3 is 2.62 bits per heavy atom. The second-order valence-corrected chi connectivity index (χ2v) is 6.10. The standard InChI is InChI=1S/C17H25N5O2/c1-5-17(4,10-11-23)20-16(24)19-14-8-6-7-9-15(14)22-13(3)18-12(2)21-22/h6-9,23H,5,10-11H2,1-4H3,(H2,19,20,24)/t17-/m0/s1. The van der Waals surface area contributed by atoms with Crippen LogP contribution in [0.15, 0.2) is 24.3 Å². The van der Waals surface area contributed by atoms with Gasteiger partial charge in [0.05, 0.1) is 11.4 Å². The number of aliphatic hydroxyl groups is 1. The molecule has 0 spiro atoms. The van der Waals surface area contributed by atoms with E-state index in [2.05, 4.69) is 20.7 Å². The molecule has 0 fully saturated rings. The third-order valence-electron chi connectivity index (χ3n) is 4.11. The Kier molecular flexibility index (Phi) is 5.56. The summed E-state index contributed by atoms with van der Waals surface area (Å²) in [5.41, 5.74) is 0.949. The first kappa shape index (κ1) is 17.9. The minimum atomic E-state index is -0.451. The van der Waals surface area contributed by atoms with Gasteiger partial charge in [-0.3, -0.25) is 0 Å². The van der Waals surface area contributed by atoms with E-state index in [9.17, 15) is 9.90 Å². The summed E-state index contributed by atoms with van der Waals surface area (Å²) in [6, 6.07) is 7.13. The SMILES string of the molecule is CC[C@@](C)(CCO)NC(=O)Nc1ccccc1-n1nc(C)nc1C. The zero-order valence-electron chi connectivity index (χ0n) is 14.6. The van der Waals surface area contributed by atoms with Crippen LogP contribution in [0.3, 0.4) is 0 Å². The quantitative estimate of drug-likeness (QED) is 0.758. The number of hydrogen-bond donors (Lipinski definition) is 3. The summed E-state index contributed by atoms with van der Waals surface area (Å²) in [7, 11) is 0. The summed E-state index contributed by atoms with van der Waals surface area (Å²) >= 11 is 0. The van der Waals surface area contributed by atoms with Crippen molar-refractivity contribution >= 4 is 11.7 Å². The maximum atomic E-state index is 12.4. The Bertz CT molecular complexity index is 713. The molecule has 2 amide bonds. The predicted molar refractivity (Wildman–Crippen MR) is 93.4 cm³/mol. The highest BCUT2D eigenvalue weighted by Gasteiger charge is 2.24. The molecule has 130 valence electrons. The van der Waals surface area contributed by atoms with Crippen molar-refractivity contribution in [2.24, 2.45) is 0 Å². The second kappa shape index (κ2) is 7.44. The summed E-state index contributed by atoms with van der Waals surface area (Å²) in [5.74, 6) is 1.43. The number of anilines is 1. The van der Waals surface area contributed by atoms with Gasteiger partial charge in [-0.25, -0.2) is 14.5 Å². The van der Waals surface area contributed by atoms with Crippen molar-refractivity contribution in [1.82, 2.24) is 20.1 Å². The lowest BCUT2D eigenvalue weighted by Crippen LogP contribution is -2.48. The van der Waals surface area contributed by atoms with Gasteiger partial charge in [-0.05, 0) is 45.7 Å². The first-order valence-electron chi connectivity index (χ1n) is 8.08. The molecule has 0 radical (unpaired) electrons. The average molecular weight is 331 g/mol. The topological polar surface area (TPSA) is 92.1 Å². The number of para-hydroxylation sites is 2. The van der Waals surface area contributed by atoms with Gasteiger partial charge in [-0.15, -0.1) is 0 Å². The zero-order valence-corrected chi connectivity index (χ0v) is 14.6. The third-order valence-corrected chi connectivity index (χ3v) is 4.11. The minimum Gasteiger partial charge on any atom is -0.396 e. The van der Waals surface area contributed by atoms with Gasteiger partial charge in [0.25, 0.3) is 0 Å². The molecule has 0 aliphatic rings. The van der Waals surface area contributed by atoms with Crippen molar-refractivity contribution in [2.45, 2.75) is 46.1 Å². The molecule has 0 bridgehead atoms. The molecule has 0 unspecified atom stereocenters. The van der Waals surface area contributed by atoms with Crippen molar-refractivity contribution in [1.29, 1.82) is 0 Å². The largest absolute Gasteiger partial charge is 0.396 e. The number of urea groups is 1. The molecule has 0 aliphatic heterocycles. The fourth-order valence-corrected chi connectivity index (χ4v) is 2.52. The van der Waals surface area contributed by atoms with Gasteiger partial charge in [0.2, 0.25) is 0 Å². The zero-order chi connectivity index (χ0) is 17.7. The maximum Gasteiger partial charge on any atom is 0.319 e. The average Bonchev–Trinajstić information content (AvgIpc) is 2.86. The van der Waals surface area contributed by atoms with E-state index in [1.165, 1.54) is 0 Å². The Balaban J connectivity index is 2.22. The Morgan fingerprint density at radius 1 is 1.33 bits per heavy atom. The lowest BCUT2D eigenvalue weighted by Gasteiger charge is -2.29. The smallest absolute Gasteiger partial charge is 0.319 e. The molecule has 1 atom stereocenters. The molecule has 0 saturated heterocycles. The number of rotatable bonds is 6. The first-order chi connectivity index (χ1) is 11.4. The van der Waals surface area contributed by atoms with Crippen molar-refractivity contribution in [2.75, 3.05) is 11.9 Å². The summed E-state index contributed by atoms with van der Waals surface area (Å²) in [6.07, 6.45) is 1.23. The summed E-state index contributed by atoms with van der Waals surface area (Å²) in [5, 5.41) is 19.3. The Hall–Kier alpha value is -2.41. The van der Waals surface area contributed by atoms with Gasteiger partial charge in [0.15, 0.2) is 0 Å². The molecular formula is C17H25N5O2. The van der Waals surface area contributed by atoms with Crippen LogP contribution in [0.1, 0.15) is 38.3 Å². The van der Waals surface area contributed by atoms with E-state index in [1.807, 2.05) is 52.0 Å². The number of aromatic nitrogens is 3. The van der Waals surface area contributed by atoms with Crippen molar-refractivity contribution in [3.8, 4) is 5.69 Å². The van der Waals surface area contributed by atoms with Crippen molar-refractivity contribution < 1.29 is 9.90 Å². The molecule has 24 heavy (non-hydrogen) atoms. The van der Waals surface area contributed by atoms with Gasteiger partial charge in [-0.2, -0.15) is 5.10 Å². The fourth-order valence-electron chi connectivity index (χ4n) is 2.52. The molecule has 1 aromatic heterocycles. The first-order valence-corrected chi connectivity index (χ1v) is 8.08. The molecule has 1 aromatic carbocycles. The van der Waals surface area contributed by atoms with Crippen LogP contribution in [0.4, 0.5) is 10.5 Å². The van der Waals surface area contributed by atoms with E-state index in [0.717, 1.165) is 17.9 Å². The number of nitrogens with one attached hydrogen (secondary N) is 2. The van der Waals surface area contributed by atoms with E-state index < -0.39 is 5.54 Å². The van der Waals surface area contributed by atoms with Gasteiger partial charge in [0.1, 0.15) is 11.6 Å². The van der Waals surface area contributed by atoms with Crippen LogP contribution in [-0.4, -0.2) is 38.0 Å². The fraction of sp³-hybridized carbons (Fsp3) is 0.471. The highest BCUT2D eigenvalue weighted by atomic mass is 16.3. The predicted octanol–water partition coefficient (Wildman–Crippen LogP) is 2.56. The Morgan fingerprint density at radius 2 is 2.04 bits per heavy atom. The van der Waals surface area contributed by atoms with Crippen LogP contribution < -0.4 is 10.6 Å². The number of benzene rings is 1. The van der Waals surface area contributed by atoms with Crippen LogP contribution in [-0.2, 0) is 0 Å². The number of aliphatic hydroxyl groups excluding tert-OH is 1. The number of amides is 2. The van der Waals surface area contributed by atoms with Crippen LogP contribution in [0.2, 0.25) is 0 Å². The van der Waals surface area contributed by atoms with Gasteiger partial charge in [0, 0.05) is 12.1 Å². The maximum absolute atomic E-state index is 12.4. The third kappa shape index (κ3) is 4.11. The summed E-state index contributed by atoms with van der Waals surface area (Å²) in [4.78, 5) is 16.7. The van der Waals surface area contributed by atoms with Crippen molar-refractivity contribution in [3.63, 3.8) is 0 Å². The van der Waals surface area contributed by atoms with E-state index in [0.29, 0.717) is 17.9 Å². The van der Waals surface area contributed by atoms with E-state index in [4.69, 9.17) is 0 Å². The van der Waals surface area contributed by atoms with E-state index in [-0.39, 0.29) is 12.6 Å². The van der Waals surface area contributed by atoms with Crippen LogP contribution in [0.25, 0.3) is 5.69 Å². The lowest BCUT2D eigenvalue weighted by molar-refractivity contribution is 0.208. The van der Waals surface area contributed by atoms with Gasteiger partial charge in [-0.1, -0.05) is 19.1 Å². The molecule has 2 rings (SSSR count). The number of nitrogens with zero attached hydrogens (tertiary/aromatic N) is 3. The van der Waals surface area contributed by atoms with E-state index >= 15 is 0 Å². The number of carbonyl (C=O) groups is 1. The number of carbonyl (C=O) groups excluding carboxylic acids is 1. The second-order valence-electron chi connectivity index (χ2n) is 6.10. The van der Waals surface area contributed by atoms with Gasteiger partial charge >= 0.3 is 6.03 Å². The summed E-state index contributed by atoms with van der Waals surface area (Å²) in [6.45, 7) is 7.61. The summed E-state index contributed by atoms with van der Waals surface area (Å²) < 4.78 is 1.71. The number of hydrogen-bond acceptors (Lipinski definition) is 4. The molecule has 2 aromatic rings. The van der Waals surface area contributed by atoms with Crippen molar-refractivity contribution in [3.05, 3.63) is 35.9 Å². The normalized spacial score (nSPS) is 13.4. The molecule has 1 heterocycles. The lowest BCUT2D eigenvalue weighted by atomic mass is 9.95. The monoisotopic (exact) mass is 331 g/mol. The molecule has 0 aliphatic carbocycles.